The Morgan fingerprint density at radius 3 is 2.25 bits per heavy atom. The van der Waals surface area contributed by atoms with Gasteiger partial charge in [0.25, 0.3) is 0 Å². The molecule has 0 saturated carbocycles. The normalized spacial score (nSPS) is 8.00. The molecule has 0 atom stereocenters. The van der Waals surface area contributed by atoms with Crippen LogP contribution >= 0.6 is 0 Å². The molecule has 1 heterocycles. The van der Waals surface area contributed by atoms with Crippen molar-refractivity contribution in [1.29, 1.82) is 0 Å². The highest BCUT2D eigenvalue weighted by Crippen LogP contribution is 1.95. The first kappa shape index (κ1) is 10.0. The fourth-order valence-corrected chi connectivity index (χ4v) is 0.395. The van der Waals surface area contributed by atoms with Gasteiger partial charge in [0.1, 0.15) is 11.7 Å². The van der Waals surface area contributed by atoms with E-state index in [1.165, 1.54) is 18.4 Å². The molecule has 0 unspecified atom stereocenters. The van der Waals surface area contributed by atoms with E-state index in [4.69, 9.17) is 0 Å². The molecule has 66 valence electrons. The number of furan rings is 1. The molecule has 1 aromatic rings. The van der Waals surface area contributed by atoms with E-state index in [0.717, 1.165) is 0 Å². The molecule has 0 saturated heterocycles. The molecule has 1 aromatic heterocycles. The van der Waals surface area contributed by atoms with Crippen molar-refractivity contribution >= 4 is 11.9 Å². The predicted molar refractivity (Wildman–Crippen MR) is 38.3 cm³/mol. The van der Waals surface area contributed by atoms with Crippen LogP contribution in [0.5, 0.6) is 0 Å². The van der Waals surface area contributed by atoms with E-state index in [0.29, 0.717) is 0 Å². The van der Waals surface area contributed by atoms with Gasteiger partial charge in [0.2, 0.25) is 0 Å². The zero-order valence-corrected chi connectivity index (χ0v) is 6.19. The average molecular weight is 171 g/mol. The molecule has 6 nitrogen and oxygen atoms in total. The minimum Gasteiger partial charge on any atom is -0.542 e. The fraction of sp³-hybridized carbons (Fsp3) is 0. The van der Waals surface area contributed by atoms with Crippen LogP contribution in [0.3, 0.4) is 0 Å². The maximum atomic E-state index is 9.86. The zero-order chi connectivity index (χ0) is 9.56. The van der Waals surface area contributed by atoms with Gasteiger partial charge in [-0.1, -0.05) is 0 Å². The molecule has 0 bridgehead atoms. The van der Waals surface area contributed by atoms with E-state index in [1.54, 1.807) is 0 Å². The van der Waals surface area contributed by atoms with Crippen LogP contribution in [-0.2, 0) is 0 Å². The number of carbonyl (C=O) groups is 1. The molecule has 0 aliphatic carbocycles. The van der Waals surface area contributed by atoms with Gasteiger partial charge in [-0.15, -0.1) is 0 Å². The average Bonchev–Trinajstić information content (AvgIpc) is 2.34. The van der Waals surface area contributed by atoms with Crippen LogP contribution < -0.4 is 22.0 Å². The first-order valence-electron chi connectivity index (χ1n) is 2.92. The second-order valence-electron chi connectivity index (χ2n) is 1.76. The van der Waals surface area contributed by atoms with Crippen LogP contribution in [0.25, 0.3) is 0 Å². The summed E-state index contributed by atoms with van der Waals surface area (Å²) in [7, 11) is 0. The standard InChI is InChI=1S/C5H4O3.CH5N3/c6-5(7)4-2-1-3-8-4;2-1(3)4/h1-3H,(H,6,7);(H5,2,3,4). The Labute approximate surface area is 68.3 Å². The Hall–Kier alpha value is -1.98. The van der Waals surface area contributed by atoms with Gasteiger partial charge in [-0.25, -0.2) is 0 Å². The lowest BCUT2D eigenvalue weighted by atomic mass is 10.5. The molecular formula is C6H9N3O3. The molecule has 1 rings (SSSR count). The number of nitrogens with two attached hydrogens (primary N) is 3. The van der Waals surface area contributed by atoms with Crippen molar-refractivity contribution in [3.63, 3.8) is 0 Å². The van der Waals surface area contributed by atoms with E-state index in [9.17, 15) is 9.90 Å². The Morgan fingerprint density at radius 1 is 1.58 bits per heavy atom. The summed E-state index contributed by atoms with van der Waals surface area (Å²) in [4.78, 5) is 9.86. The molecule has 0 amide bonds. The van der Waals surface area contributed by atoms with Crippen LogP contribution in [0.2, 0.25) is 0 Å². The summed E-state index contributed by atoms with van der Waals surface area (Å²) in [5, 5.41) is 14.4. The largest absolute Gasteiger partial charge is 0.542 e. The van der Waals surface area contributed by atoms with Crippen molar-refractivity contribution in [2.45, 2.75) is 0 Å². The third-order valence-corrected chi connectivity index (χ3v) is 0.722. The highest BCUT2D eigenvalue weighted by molar-refractivity contribution is 5.82. The molecule has 0 radical (unpaired) electrons. The number of guanidine groups is 1. The Morgan fingerprint density at radius 2 is 2.08 bits per heavy atom. The van der Waals surface area contributed by atoms with Crippen molar-refractivity contribution in [3.05, 3.63) is 24.2 Å². The summed E-state index contributed by atoms with van der Waals surface area (Å²) in [6.45, 7) is 0. The fourth-order valence-electron chi connectivity index (χ4n) is 0.395. The quantitative estimate of drug-likeness (QED) is 0.300. The molecule has 0 aliphatic heterocycles. The topological polar surface area (TPSA) is 131 Å². The maximum Gasteiger partial charge on any atom is 0.336 e. The number of rotatable bonds is 1. The van der Waals surface area contributed by atoms with Gasteiger partial charge in [-0.2, -0.15) is 0 Å². The Kier molecular flexibility index (Phi) is 3.99. The van der Waals surface area contributed by atoms with Crippen molar-refractivity contribution in [1.82, 2.24) is 0 Å². The number of aromatic carboxylic acids is 1. The molecule has 12 heavy (non-hydrogen) atoms. The predicted octanol–water partition coefficient (Wildman–Crippen LogP) is -3.34. The maximum absolute atomic E-state index is 9.86. The molecular weight excluding hydrogens is 162 g/mol. The highest BCUT2D eigenvalue weighted by atomic mass is 16.4. The van der Waals surface area contributed by atoms with Crippen molar-refractivity contribution in [2.75, 3.05) is 0 Å². The summed E-state index contributed by atoms with van der Waals surface area (Å²) in [6.07, 6.45) is 1.28. The molecule has 6 N–H and O–H groups in total. The van der Waals surface area contributed by atoms with E-state index in [1.807, 2.05) is 0 Å². The van der Waals surface area contributed by atoms with Gasteiger partial charge in [-0.05, 0) is 12.1 Å². The van der Waals surface area contributed by atoms with E-state index in [-0.39, 0.29) is 11.7 Å². The number of carbonyl (C=O) groups excluding carboxylic acids is 1. The minimum atomic E-state index is -1.28. The van der Waals surface area contributed by atoms with Crippen LogP contribution in [0.4, 0.5) is 0 Å². The van der Waals surface area contributed by atoms with Gasteiger partial charge < -0.3 is 14.3 Å². The van der Waals surface area contributed by atoms with E-state index < -0.39 is 5.97 Å². The summed E-state index contributed by atoms with van der Waals surface area (Å²) >= 11 is 0. The van der Waals surface area contributed by atoms with Crippen LogP contribution in [0.15, 0.2) is 22.8 Å². The smallest absolute Gasteiger partial charge is 0.336 e. The van der Waals surface area contributed by atoms with Gasteiger partial charge in [-0.3, -0.25) is 16.9 Å². The van der Waals surface area contributed by atoms with E-state index >= 15 is 0 Å². The van der Waals surface area contributed by atoms with E-state index in [2.05, 4.69) is 21.3 Å². The van der Waals surface area contributed by atoms with Crippen molar-refractivity contribution in [2.24, 2.45) is 11.5 Å². The lowest BCUT2D eigenvalue weighted by molar-refractivity contribution is -0.257. The lowest BCUT2D eigenvalue weighted by Crippen LogP contribution is -2.51. The summed E-state index contributed by atoms with van der Waals surface area (Å²) < 4.78 is 4.43. The third-order valence-electron chi connectivity index (χ3n) is 0.722. The number of hydrogen-bond donors (Lipinski definition) is 3. The Balaban J connectivity index is 0.000000261. The summed E-state index contributed by atoms with van der Waals surface area (Å²) in [5.41, 5.74) is 9.17. The third kappa shape index (κ3) is 4.86. The van der Waals surface area contributed by atoms with Crippen LogP contribution in [0.1, 0.15) is 10.6 Å². The molecule has 0 fully saturated rings. The van der Waals surface area contributed by atoms with Gasteiger partial charge >= 0.3 is 5.96 Å². The minimum absolute atomic E-state index is 0.0833. The second-order valence-corrected chi connectivity index (χ2v) is 1.76. The van der Waals surface area contributed by atoms with Crippen molar-refractivity contribution < 1.29 is 19.7 Å². The first-order valence-corrected chi connectivity index (χ1v) is 2.92. The van der Waals surface area contributed by atoms with Gasteiger partial charge in [0.15, 0.2) is 0 Å². The van der Waals surface area contributed by atoms with Crippen molar-refractivity contribution in [3.8, 4) is 0 Å². The Bertz CT molecular complexity index is 251. The highest BCUT2D eigenvalue weighted by Gasteiger charge is 1.90. The number of hydrogen-bond acceptors (Lipinski definition) is 3. The van der Waals surface area contributed by atoms with Gasteiger partial charge in [0, 0.05) is 0 Å². The van der Waals surface area contributed by atoms with Crippen LogP contribution in [0, 0.1) is 0 Å². The number of carboxylic acids is 1. The molecule has 0 spiro atoms. The molecule has 0 aromatic carbocycles. The molecule has 6 heteroatoms. The number of carboxylic acid groups (broad SMARTS) is 1. The monoisotopic (exact) mass is 171 g/mol. The zero-order valence-electron chi connectivity index (χ0n) is 6.19. The SMILES string of the molecule is NC(N)=[NH2+].O=C([O-])c1ccco1. The first-order chi connectivity index (χ1) is 5.54. The van der Waals surface area contributed by atoms with Gasteiger partial charge in [0.05, 0.1) is 6.26 Å². The lowest BCUT2D eigenvalue weighted by Gasteiger charge is -1.91. The van der Waals surface area contributed by atoms with Crippen LogP contribution in [-0.4, -0.2) is 11.9 Å². The second kappa shape index (κ2) is 4.78. The molecule has 0 aliphatic rings. The summed E-state index contributed by atoms with van der Waals surface area (Å²) in [6, 6.07) is 2.82. The summed E-state index contributed by atoms with van der Waals surface area (Å²) in [5.74, 6) is -1.50.